The zero-order chi connectivity index (χ0) is 17.7. The molecule has 142 valence electrons. The van der Waals surface area contributed by atoms with Gasteiger partial charge in [-0.05, 0) is 38.5 Å². The molecule has 3 aromatic rings. The maximum atomic E-state index is 5.28. The summed E-state index contributed by atoms with van der Waals surface area (Å²) in [4.78, 5) is 4.80. The predicted molar refractivity (Wildman–Crippen MR) is 111 cm³/mol. The van der Waals surface area contributed by atoms with Gasteiger partial charge in [-0.15, -0.1) is 12.4 Å². The molecule has 0 atom stereocenters. The molecule has 3 rings (SSSR count). The second-order valence-electron chi connectivity index (χ2n) is 7.42. The van der Waals surface area contributed by atoms with Crippen molar-refractivity contribution in [3.05, 3.63) is 43.0 Å². The van der Waals surface area contributed by atoms with E-state index in [9.17, 15) is 0 Å². The SMILES string of the molecule is CCCCCCCC(C)(C)Nc1c(-c2ccoc2)nc2ccccn12.Cl. The van der Waals surface area contributed by atoms with Gasteiger partial charge in [-0.1, -0.05) is 45.1 Å². The van der Waals surface area contributed by atoms with Gasteiger partial charge < -0.3 is 9.73 Å². The first kappa shape index (κ1) is 20.4. The van der Waals surface area contributed by atoms with E-state index in [0.717, 1.165) is 29.1 Å². The Hall–Kier alpha value is -1.94. The maximum absolute atomic E-state index is 5.28. The van der Waals surface area contributed by atoms with Gasteiger partial charge in [0.2, 0.25) is 0 Å². The van der Waals surface area contributed by atoms with Crippen molar-refractivity contribution in [1.82, 2.24) is 9.38 Å². The van der Waals surface area contributed by atoms with Crippen LogP contribution in [0.2, 0.25) is 0 Å². The van der Waals surface area contributed by atoms with Crippen molar-refractivity contribution >= 4 is 23.9 Å². The van der Waals surface area contributed by atoms with Crippen molar-refractivity contribution in [2.24, 2.45) is 0 Å². The molecule has 0 aliphatic heterocycles. The number of aromatic nitrogens is 2. The van der Waals surface area contributed by atoms with E-state index in [-0.39, 0.29) is 17.9 Å². The standard InChI is InChI=1S/C21H29N3O.ClH/c1-4-5-6-7-9-13-21(2,3)23-20-19(17-12-15-25-16-17)22-18-11-8-10-14-24(18)20;/h8,10-12,14-16,23H,4-7,9,13H2,1-3H3;1H. The molecule has 0 bridgehead atoms. The van der Waals surface area contributed by atoms with Gasteiger partial charge in [0, 0.05) is 17.3 Å². The normalized spacial score (nSPS) is 11.5. The first-order chi connectivity index (χ1) is 12.1. The highest BCUT2D eigenvalue weighted by atomic mass is 35.5. The van der Waals surface area contributed by atoms with Crippen LogP contribution in [0.25, 0.3) is 16.9 Å². The highest BCUT2D eigenvalue weighted by Crippen LogP contribution is 2.32. The number of halogens is 1. The summed E-state index contributed by atoms with van der Waals surface area (Å²) < 4.78 is 7.40. The molecule has 0 saturated heterocycles. The molecule has 0 amide bonds. The molecule has 3 aromatic heterocycles. The quantitative estimate of drug-likeness (QED) is 0.430. The molecule has 0 fully saturated rings. The number of nitrogens with zero attached hydrogens (tertiary/aromatic N) is 2. The molecule has 0 aromatic carbocycles. The second-order valence-corrected chi connectivity index (χ2v) is 7.42. The summed E-state index contributed by atoms with van der Waals surface area (Å²) in [5.74, 6) is 1.04. The van der Waals surface area contributed by atoms with Crippen molar-refractivity contribution in [2.75, 3.05) is 5.32 Å². The number of fused-ring (bicyclic) bond motifs is 1. The Kier molecular flexibility index (Phi) is 7.15. The number of unbranched alkanes of at least 4 members (excludes halogenated alkanes) is 4. The summed E-state index contributed by atoms with van der Waals surface area (Å²) in [7, 11) is 0. The predicted octanol–water partition coefficient (Wildman–Crippen LogP) is 6.57. The first-order valence-electron chi connectivity index (χ1n) is 9.38. The van der Waals surface area contributed by atoms with Crippen molar-refractivity contribution in [3.8, 4) is 11.3 Å². The van der Waals surface area contributed by atoms with Crippen LogP contribution in [-0.4, -0.2) is 14.9 Å². The summed E-state index contributed by atoms with van der Waals surface area (Å²) >= 11 is 0. The molecule has 1 N–H and O–H groups in total. The highest BCUT2D eigenvalue weighted by molar-refractivity contribution is 5.85. The Balaban J connectivity index is 0.00000243. The van der Waals surface area contributed by atoms with Crippen LogP contribution in [-0.2, 0) is 0 Å². The largest absolute Gasteiger partial charge is 0.472 e. The Morgan fingerprint density at radius 1 is 1.12 bits per heavy atom. The fraction of sp³-hybridized carbons (Fsp3) is 0.476. The maximum Gasteiger partial charge on any atom is 0.139 e. The molecule has 4 nitrogen and oxygen atoms in total. The lowest BCUT2D eigenvalue weighted by Gasteiger charge is -2.28. The van der Waals surface area contributed by atoms with Crippen molar-refractivity contribution in [3.63, 3.8) is 0 Å². The summed E-state index contributed by atoms with van der Waals surface area (Å²) in [6.45, 7) is 6.80. The van der Waals surface area contributed by atoms with Crippen LogP contribution < -0.4 is 5.32 Å². The van der Waals surface area contributed by atoms with Crippen LogP contribution in [0, 0.1) is 0 Å². The second kappa shape index (κ2) is 9.13. The third-order valence-electron chi connectivity index (χ3n) is 4.69. The van der Waals surface area contributed by atoms with Gasteiger partial charge in [-0.2, -0.15) is 0 Å². The van der Waals surface area contributed by atoms with E-state index < -0.39 is 0 Å². The van der Waals surface area contributed by atoms with Crippen LogP contribution in [0.4, 0.5) is 5.82 Å². The number of rotatable bonds is 9. The van der Waals surface area contributed by atoms with E-state index in [2.05, 4.69) is 36.7 Å². The zero-order valence-corrected chi connectivity index (χ0v) is 16.8. The van der Waals surface area contributed by atoms with Crippen molar-refractivity contribution in [2.45, 2.75) is 64.8 Å². The van der Waals surface area contributed by atoms with Gasteiger partial charge in [0.05, 0.1) is 12.5 Å². The van der Waals surface area contributed by atoms with Crippen LogP contribution >= 0.6 is 12.4 Å². The molecule has 3 heterocycles. The summed E-state index contributed by atoms with van der Waals surface area (Å²) in [6.07, 6.45) is 13.2. The molecule has 0 saturated carbocycles. The third-order valence-corrected chi connectivity index (χ3v) is 4.69. The van der Waals surface area contributed by atoms with Crippen LogP contribution in [0.15, 0.2) is 47.4 Å². The van der Waals surface area contributed by atoms with Crippen molar-refractivity contribution < 1.29 is 4.42 Å². The number of pyridine rings is 1. The zero-order valence-electron chi connectivity index (χ0n) is 16.0. The smallest absolute Gasteiger partial charge is 0.139 e. The number of imidazole rings is 1. The van der Waals surface area contributed by atoms with Crippen LogP contribution in [0.1, 0.15) is 59.3 Å². The lowest BCUT2D eigenvalue weighted by molar-refractivity contribution is 0.473. The number of hydrogen-bond acceptors (Lipinski definition) is 3. The fourth-order valence-electron chi connectivity index (χ4n) is 3.27. The highest BCUT2D eigenvalue weighted by Gasteiger charge is 2.22. The average Bonchev–Trinajstić information content (AvgIpc) is 3.23. The van der Waals surface area contributed by atoms with Gasteiger partial charge in [0.25, 0.3) is 0 Å². The van der Waals surface area contributed by atoms with Gasteiger partial charge in [-0.25, -0.2) is 4.98 Å². The number of anilines is 1. The van der Waals surface area contributed by atoms with Crippen LogP contribution in [0.3, 0.4) is 0 Å². The summed E-state index contributed by atoms with van der Waals surface area (Å²) in [5.41, 5.74) is 2.90. The van der Waals surface area contributed by atoms with Crippen molar-refractivity contribution in [1.29, 1.82) is 0 Å². The molecular weight excluding hydrogens is 346 g/mol. The van der Waals surface area contributed by atoms with Gasteiger partial charge >= 0.3 is 0 Å². The van der Waals surface area contributed by atoms with Crippen LogP contribution in [0.5, 0.6) is 0 Å². The molecular formula is C21H30ClN3O. The Labute approximate surface area is 162 Å². The molecule has 26 heavy (non-hydrogen) atoms. The van der Waals surface area contributed by atoms with E-state index in [4.69, 9.17) is 9.40 Å². The fourth-order valence-corrected chi connectivity index (χ4v) is 3.27. The van der Waals surface area contributed by atoms with Gasteiger partial charge in [-0.3, -0.25) is 4.40 Å². The minimum Gasteiger partial charge on any atom is -0.472 e. The van der Waals surface area contributed by atoms with Gasteiger partial charge in [0.15, 0.2) is 0 Å². The van der Waals surface area contributed by atoms with E-state index in [0.29, 0.717) is 0 Å². The monoisotopic (exact) mass is 375 g/mol. The van der Waals surface area contributed by atoms with E-state index in [1.165, 1.54) is 32.1 Å². The Morgan fingerprint density at radius 3 is 2.65 bits per heavy atom. The van der Waals surface area contributed by atoms with Gasteiger partial charge in [0.1, 0.15) is 17.2 Å². The molecule has 5 heteroatoms. The first-order valence-corrected chi connectivity index (χ1v) is 9.38. The number of hydrogen-bond donors (Lipinski definition) is 1. The van der Waals surface area contributed by atoms with E-state index in [1.54, 1.807) is 12.5 Å². The number of furan rings is 1. The lowest BCUT2D eigenvalue weighted by Crippen LogP contribution is -2.31. The topological polar surface area (TPSA) is 42.5 Å². The van der Waals surface area contributed by atoms with E-state index >= 15 is 0 Å². The van der Waals surface area contributed by atoms with E-state index in [1.807, 2.05) is 24.3 Å². The number of nitrogens with one attached hydrogen (secondary N) is 1. The molecule has 0 unspecified atom stereocenters. The summed E-state index contributed by atoms with van der Waals surface area (Å²) in [6, 6.07) is 8.05. The molecule has 0 spiro atoms. The minimum absolute atomic E-state index is 0. The summed E-state index contributed by atoms with van der Waals surface area (Å²) in [5, 5.41) is 3.75. The molecule has 0 radical (unpaired) electrons. The Bertz CT molecular complexity index is 793. The lowest BCUT2D eigenvalue weighted by atomic mass is 9.96. The Morgan fingerprint density at radius 2 is 1.92 bits per heavy atom. The third kappa shape index (κ3) is 4.82. The minimum atomic E-state index is 0. The average molecular weight is 376 g/mol. The molecule has 0 aliphatic carbocycles. The molecule has 0 aliphatic rings.